The number of guanidine groups is 1. The summed E-state index contributed by atoms with van der Waals surface area (Å²) in [5, 5.41) is 47.7. The molecule has 0 aromatic heterocycles. The predicted octanol–water partition coefficient (Wildman–Crippen LogP) is -3.70. The van der Waals surface area contributed by atoms with Gasteiger partial charge in [0.25, 0.3) is 0 Å². The smallest absolute Gasteiger partial charge is 0.326 e. The van der Waals surface area contributed by atoms with Crippen molar-refractivity contribution in [1.82, 2.24) is 26.6 Å². The molecule has 17 heteroatoms. The van der Waals surface area contributed by atoms with Crippen molar-refractivity contribution in [3.63, 3.8) is 0 Å². The fraction of sp³-hybridized carbons (Fsp3) is 0.538. The van der Waals surface area contributed by atoms with Gasteiger partial charge < -0.3 is 59.1 Å². The highest BCUT2D eigenvalue weighted by molar-refractivity contribution is 5.94. The Morgan fingerprint density at radius 1 is 0.837 bits per heavy atom. The molecular formula is C26H43N9O8. The van der Waals surface area contributed by atoms with Crippen molar-refractivity contribution < 1.29 is 39.3 Å². The Kier molecular flexibility index (Phi) is 16.7. The predicted molar refractivity (Wildman–Crippen MR) is 155 cm³/mol. The number of aromatic hydroxyl groups is 1. The van der Waals surface area contributed by atoms with Crippen LogP contribution in [0.2, 0.25) is 0 Å². The molecule has 15 N–H and O–H groups in total. The number of carboxylic acid groups (broad SMARTS) is 1. The normalized spacial score (nSPS) is 13.5. The van der Waals surface area contributed by atoms with Gasteiger partial charge >= 0.3 is 5.97 Å². The van der Waals surface area contributed by atoms with Crippen LogP contribution in [0, 0.1) is 5.41 Å². The third-order valence-electron chi connectivity index (χ3n) is 6.16. The van der Waals surface area contributed by atoms with E-state index in [0.717, 1.165) is 0 Å². The van der Waals surface area contributed by atoms with Crippen molar-refractivity contribution in [2.24, 2.45) is 17.2 Å². The monoisotopic (exact) mass is 609 g/mol. The van der Waals surface area contributed by atoms with E-state index in [9.17, 15) is 34.2 Å². The van der Waals surface area contributed by atoms with Gasteiger partial charge in [-0.05, 0) is 56.3 Å². The molecule has 43 heavy (non-hydrogen) atoms. The molecule has 4 amide bonds. The van der Waals surface area contributed by atoms with Gasteiger partial charge in [0.05, 0.1) is 13.2 Å². The largest absolute Gasteiger partial charge is 0.508 e. The highest BCUT2D eigenvalue weighted by atomic mass is 16.4. The molecule has 0 radical (unpaired) electrons. The van der Waals surface area contributed by atoms with Gasteiger partial charge in [-0.15, -0.1) is 0 Å². The summed E-state index contributed by atoms with van der Waals surface area (Å²) in [4.78, 5) is 62.5. The number of hydrogen-bond donors (Lipinski definition) is 12. The van der Waals surface area contributed by atoms with Crippen LogP contribution in [-0.4, -0.2) is 101 Å². The number of nitrogens with one attached hydrogen (secondary N) is 6. The summed E-state index contributed by atoms with van der Waals surface area (Å²) >= 11 is 0. The number of unbranched alkanes of at least 4 members (excludes halogenated alkanes) is 1. The fourth-order valence-electron chi connectivity index (χ4n) is 3.80. The second-order valence-corrected chi connectivity index (χ2v) is 9.73. The highest BCUT2D eigenvalue weighted by Gasteiger charge is 2.28. The number of amides is 4. The average Bonchev–Trinajstić information content (AvgIpc) is 2.96. The number of aliphatic hydroxyl groups is 1. The molecule has 0 aliphatic carbocycles. The van der Waals surface area contributed by atoms with Crippen LogP contribution >= 0.6 is 0 Å². The lowest BCUT2D eigenvalue weighted by Gasteiger charge is -2.23. The molecule has 1 aromatic rings. The van der Waals surface area contributed by atoms with Crippen molar-refractivity contribution in [2.45, 2.75) is 62.7 Å². The number of aliphatic carboxylic acids is 1. The molecule has 0 heterocycles. The summed E-state index contributed by atoms with van der Waals surface area (Å²) in [6, 6.07) is 0.921. The first kappa shape index (κ1) is 36.5. The highest BCUT2D eigenvalue weighted by Crippen LogP contribution is 2.12. The fourth-order valence-corrected chi connectivity index (χ4v) is 3.80. The van der Waals surface area contributed by atoms with Crippen LogP contribution in [0.3, 0.4) is 0 Å². The minimum Gasteiger partial charge on any atom is -0.508 e. The third kappa shape index (κ3) is 14.8. The quantitative estimate of drug-likeness (QED) is 0.0386. The first-order valence-corrected chi connectivity index (χ1v) is 13.7. The molecule has 1 aromatic carbocycles. The number of phenolic OH excluding ortho intramolecular Hbond substituents is 1. The second kappa shape index (κ2) is 19.6. The van der Waals surface area contributed by atoms with Gasteiger partial charge in [-0.2, -0.15) is 0 Å². The Labute approximate surface area is 248 Å². The van der Waals surface area contributed by atoms with Crippen molar-refractivity contribution in [1.29, 1.82) is 5.41 Å². The van der Waals surface area contributed by atoms with E-state index < -0.39 is 66.9 Å². The Balaban J connectivity index is 2.90. The van der Waals surface area contributed by atoms with Crippen molar-refractivity contribution in [3.8, 4) is 5.75 Å². The van der Waals surface area contributed by atoms with E-state index in [1.165, 1.54) is 24.3 Å². The molecule has 0 spiro atoms. The number of phenols is 1. The number of rotatable bonds is 20. The van der Waals surface area contributed by atoms with Gasteiger partial charge in [-0.3, -0.25) is 24.6 Å². The van der Waals surface area contributed by atoms with E-state index in [2.05, 4.69) is 26.6 Å². The minimum atomic E-state index is -1.35. The van der Waals surface area contributed by atoms with Gasteiger partial charge in [-0.1, -0.05) is 12.1 Å². The van der Waals surface area contributed by atoms with Crippen molar-refractivity contribution >= 4 is 35.6 Å². The van der Waals surface area contributed by atoms with E-state index in [4.69, 9.17) is 27.7 Å². The van der Waals surface area contributed by atoms with Gasteiger partial charge in [0.1, 0.15) is 29.9 Å². The lowest BCUT2D eigenvalue weighted by Crippen LogP contribution is -2.55. The Bertz CT molecular complexity index is 1090. The molecular weight excluding hydrogens is 566 g/mol. The number of carbonyl (C=O) groups excluding carboxylic acids is 4. The summed E-state index contributed by atoms with van der Waals surface area (Å²) in [6.07, 6.45) is 1.46. The molecule has 0 aliphatic heterocycles. The van der Waals surface area contributed by atoms with Gasteiger partial charge in [0.2, 0.25) is 23.6 Å². The molecule has 240 valence electrons. The first-order valence-electron chi connectivity index (χ1n) is 13.7. The number of hydrogen-bond acceptors (Lipinski definition) is 10. The topological polar surface area (TPSA) is 308 Å². The average molecular weight is 610 g/mol. The second-order valence-electron chi connectivity index (χ2n) is 9.73. The summed E-state index contributed by atoms with van der Waals surface area (Å²) in [6.45, 7) is -0.639. The molecule has 0 unspecified atom stereocenters. The number of benzene rings is 1. The summed E-state index contributed by atoms with van der Waals surface area (Å²) in [7, 11) is 0. The maximum absolute atomic E-state index is 13.1. The van der Waals surface area contributed by atoms with Crippen LogP contribution in [0.25, 0.3) is 0 Å². The number of nitrogens with two attached hydrogens (primary N) is 3. The summed E-state index contributed by atoms with van der Waals surface area (Å²) < 4.78 is 0. The van der Waals surface area contributed by atoms with E-state index >= 15 is 0 Å². The zero-order valence-corrected chi connectivity index (χ0v) is 23.8. The maximum atomic E-state index is 13.1. The molecule has 0 fully saturated rings. The van der Waals surface area contributed by atoms with Crippen molar-refractivity contribution in [2.75, 3.05) is 26.2 Å². The molecule has 1 rings (SSSR count). The number of aliphatic hydroxyl groups excluding tert-OH is 1. The minimum absolute atomic E-state index is 0.00769. The van der Waals surface area contributed by atoms with Gasteiger partial charge in [-0.25, -0.2) is 4.79 Å². The van der Waals surface area contributed by atoms with Crippen LogP contribution in [0.1, 0.15) is 37.7 Å². The zero-order valence-electron chi connectivity index (χ0n) is 23.8. The summed E-state index contributed by atoms with van der Waals surface area (Å²) in [5.74, 6) is -4.63. The van der Waals surface area contributed by atoms with E-state index in [-0.39, 0.29) is 43.9 Å². The molecule has 4 atom stereocenters. The first-order chi connectivity index (χ1) is 20.4. The molecule has 0 bridgehead atoms. The van der Waals surface area contributed by atoms with Crippen LogP contribution in [0.4, 0.5) is 0 Å². The van der Waals surface area contributed by atoms with E-state index in [1.54, 1.807) is 0 Å². The number of carboxylic acids is 1. The van der Waals surface area contributed by atoms with Crippen LogP contribution in [0.5, 0.6) is 5.75 Å². The van der Waals surface area contributed by atoms with E-state index in [0.29, 0.717) is 24.9 Å². The lowest BCUT2D eigenvalue weighted by atomic mass is 10.0. The standard InChI is InChI=1S/C26H43N9O8/c27-10-2-1-4-18(34-22(39)17(28)14-36)23(40)32-13-21(38)33-19(5-3-11-31-26(29)30)24(41)35-20(25(42)43)12-15-6-8-16(37)9-7-15/h6-9,17-20,36-37H,1-5,10-14,27-28H2,(H,32,40)(H,33,38)(H,34,39)(H,35,41)(H,42,43)(H4,29,30,31)/t17-,18-,19-,20-/m0/s1. The number of carbonyl (C=O) groups is 5. The molecule has 0 saturated carbocycles. The Morgan fingerprint density at radius 3 is 2.02 bits per heavy atom. The molecule has 0 aliphatic rings. The van der Waals surface area contributed by atoms with Crippen LogP contribution < -0.4 is 43.8 Å². The Morgan fingerprint density at radius 2 is 1.44 bits per heavy atom. The van der Waals surface area contributed by atoms with Crippen LogP contribution in [-0.2, 0) is 30.4 Å². The maximum Gasteiger partial charge on any atom is 0.326 e. The van der Waals surface area contributed by atoms with Gasteiger partial charge in [0.15, 0.2) is 5.96 Å². The Hall–Kier alpha value is -4.48. The van der Waals surface area contributed by atoms with Crippen LogP contribution in [0.15, 0.2) is 24.3 Å². The third-order valence-corrected chi connectivity index (χ3v) is 6.16. The molecule has 0 saturated heterocycles. The summed E-state index contributed by atoms with van der Waals surface area (Å²) in [5.41, 5.74) is 16.8. The van der Waals surface area contributed by atoms with Crippen molar-refractivity contribution in [3.05, 3.63) is 29.8 Å². The SMILES string of the molecule is N=C(N)NCCC[C@H](NC(=O)CNC(=O)[C@H](CCCCN)NC(=O)[C@@H](N)CO)C(=O)N[C@@H](Cc1ccc(O)cc1)C(=O)O. The zero-order chi connectivity index (χ0) is 32.4. The van der Waals surface area contributed by atoms with E-state index in [1.807, 2.05) is 0 Å². The van der Waals surface area contributed by atoms with Gasteiger partial charge in [0, 0.05) is 13.0 Å². The molecule has 17 nitrogen and oxygen atoms in total. The lowest BCUT2D eigenvalue weighted by molar-refractivity contribution is -0.142.